The summed E-state index contributed by atoms with van der Waals surface area (Å²) in [6, 6.07) is 9.59. The predicted molar refractivity (Wildman–Crippen MR) is 72.8 cm³/mol. The molecule has 19 heavy (non-hydrogen) atoms. The van der Waals surface area contributed by atoms with Crippen LogP contribution in [0.15, 0.2) is 35.2 Å². The maximum atomic E-state index is 12.1. The molecular formula is C13H11NO3S2. The topological polar surface area (TPSA) is 67.2 Å². The largest absolute Gasteiger partial charge is 0.379 e. The molecule has 2 aromatic rings. The summed E-state index contributed by atoms with van der Waals surface area (Å²) in [5, 5.41) is 8.77. The highest BCUT2D eigenvalue weighted by molar-refractivity contribution is 7.87. The van der Waals surface area contributed by atoms with E-state index in [2.05, 4.69) is 0 Å². The molecule has 1 heterocycles. The van der Waals surface area contributed by atoms with Crippen molar-refractivity contribution in [3.63, 3.8) is 0 Å². The van der Waals surface area contributed by atoms with E-state index < -0.39 is 10.1 Å². The molecule has 0 saturated heterocycles. The van der Waals surface area contributed by atoms with Crippen LogP contribution in [-0.4, -0.2) is 8.42 Å². The number of thiophene rings is 1. The lowest BCUT2D eigenvalue weighted by atomic mass is 10.2. The summed E-state index contributed by atoms with van der Waals surface area (Å²) >= 11 is 1.40. The summed E-state index contributed by atoms with van der Waals surface area (Å²) in [6.45, 7) is 3.58. The van der Waals surface area contributed by atoms with Crippen LogP contribution in [-0.2, 0) is 10.1 Å². The highest BCUT2D eigenvalue weighted by atomic mass is 32.2. The smallest absolute Gasteiger partial charge is 0.340 e. The Morgan fingerprint density at radius 1 is 1.26 bits per heavy atom. The Labute approximate surface area is 116 Å². The maximum Gasteiger partial charge on any atom is 0.340 e. The van der Waals surface area contributed by atoms with E-state index in [1.807, 2.05) is 13.0 Å². The summed E-state index contributed by atoms with van der Waals surface area (Å²) in [5.41, 5.74) is 0.353. The SMILES string of the molecule is Cc1cc(S(=O)(=O)Oc2cccc(C#N)c2)c(C)s1. The Kier molecular flexibility index (Phi) is 3.60. The zero-order valence-corrected chi connectivity index (χ0v) is 12.0. The van der Waals surface area contributed by atoms with Gasteiger partial charge in [0.1, 0.15) is 10.6 Å². The van der Waals surface area contributed by atoms with Gasteiger partial charge in [0.15, 0.2) is 0 Å². The first-order valence-electron chi connectivity index (χ1n) is 5.44. The van der Waals surface area contributed by atoms with Crippen LogP contribution in [0.3, 0.4) is 0 Å². The van der Waals surface area contributed by atoms with E-state index in [4.69, 9.17) is 9.44 Å². The molecule has 0 atom stereocenters. The van der Waals surface area contributed by atoms with Crippen LogP contribution < -0.4 is 4.18 Å². The van der Waals surface area contributed by atoms with Gasteiger partial charge in [0.05, 0.1) is 11.6 Å². The molecular weight excluding hydrogens is 282 g/mol. The van der Waals surface area contributed by atoms with Gasteiger partial charge in [0.2, 0.25) is 0 Å². The number of rotatable bonds is 3. The summed E-state index contributed by atoms with van der Waals surface area (Å²) in [4.78, 5) is 1.77. The van der Waals surface area contributed by atoms with Gasteiger partial charge < -0.3 is 4.18 Å². The van der Waals surface area contributed by atoms with Crippen LogP contribution in [0, 0.1) is 25.2 Å². The minimum absolute atomic E-state index is 0.141. The molecule has 6 heteroatoms. The van der Waals surface area contributed by atoms with Crippen LogP contribution in [0.5, 0.6) is 5.75 Å². The summed E-state index contributed by atoms with van der Waals surface area (Å²) in [5.74, 6) is 0.141. The summed E-state index contributed by atoms with van der Waals surface area (Å²) in [7, 11) is -3.85. The van der Waals surface area contributed by atoms with Gasteiger partial charge in [-0.05, 0) is 38.1 Å². The molecule has 0 aliphatic heterocycles. The van der Waals surface area contributed by atoms with Gasteiger partial charge in [-0.1, -0.05) is 6.07 Å². The highest BCUT2D eigenvalue weighted by Gasteiger charge is 2.21. The molecule has 0 amide bonds. The number of nitriles is 1. The zero-order chi connectivity index (χ0) is 14.0. The Bertz CT molecular complexity index is 754. The second kappa shape index (κ2) is 5.03. The maximum absolute atomic E-state index is 12.1. The Balaban J connectivity index is 2.37. The zero-order valence-electron chi connectivity index (χ0n) is 10.4. The van der Waals surface area contributed by atoms with Gasteiger partial charge in [-0.25, -0.2) is 0 Å². The fourth-order valence-electron chi connectivity index (χ4n) is 1.64. The number of benzene rings is 1. The third kappa shape index (κ3) is 2.95. The average molecular weight is 293 g/mol. The first kappa shape index (κ1) is 13.6. The minimum Gasteiger partial charge on any atom is -0.379 e. The monoisotopic (exact) mass is 293 g/mol. The third-order valence-corrected chi connectivity index (χ3v) is 4.90. The van der Waals surface area contributed by atoms with Crippen molar-refractivity contribution in [3.8, 4) is 11.8 Å². The van der Waals surface area contributed by atoms with Crippen LogP contribution in [0.25, 0.3) is 0 Å². The van der Waals surface area contributed by atoms with Crippen molar-refractivity contribution in [1.82, 2.24) is 0 Å². The van der Waals surface area contributed by atoms with Crippen LogP contribution >= 0.6 is 11.3 Å². The molecule has 1 aromatic heterocycles. The second-order valence-electron chi connectivity index (χ2n) is 3.95. The highest BCUT2D eigenvalue weighted by Crippen LogP contribution is 2.27. The fourth-order valence-corrected chi connectivity index (χ4v) is 4.09. The summed E-state index contributed by atoms with van der Waals surface area (Å²) < 4.78 is 29.3. The Morgan fingerprint density at radius 3 is 2.58 bits per heavy atom. The first-order valence-corrected chi connectivity index (χ1v) is 7.66. The standard InChI is InChI=1S/C13H11NO3S2/c1-9-6-13(10(2)18-9)19(15,16)17-12-5-3-4-11(7-12)8-14/h3-7H,1-2H3. The number of hydrogen-bond donors (Lipinski definition) is 0. The van der Waals surface area contributed by atoms with Crippen molar-refractivity contribution in [1.29, 1.82) is 5.26 Å². The molecule has 0 aliphatic rings. The molecule has 0 fully saturated rings. The lowest BCUT2D eigenvalue weighted by molar-refractivity contribution is 0.486. The van der Waals surface area contributed by atoms with E-state index in [0.717, 1.165) is 4.88 Å². The molecule has 0 N–H and O–H groups in total. The van der Waals surface area contributed by atoms with E-state index >= 15 is 0 Å². The van der Waals surface area contributed by atoms with Crippen molar-refractivity contribution >= 4 is 21.5 Å². The van der Waals surface area contributed by atoms with E-state index in [1.165, 1.54) is 23.5 Å². The predicted octanol–water partition coefficient (Wildman–Crippen LogP) is 3.00. The normalized spacial score (nSPS) is 11.0. The van der Waals surface area contributed by atoms with Crippen molar-refractivity contribution in [3.05, 3.63) is 45.6 Å². The number of nitrogens with zero attached hydrogens (tertiary/aromatic N) is 1. The average Bonchev–Trinajstić information content (AvgIpc) is 2.69. The number of hydrogen-bond acceptors (Lipinski definition) is 5. The van der Waals surface area contributed by atoms with Crippen LogP contribution in [0.2, 0.25) is 0 Å². The Morgan fingerprint density at radius 2 is 2.00 bits per heavy atom. The van der Waals surface area contributed by atoms with Crippen molar-refractivity contribution in [2.24, 2.45) is 0 Å². The van der Waals surface area contributed by atoms with Crippen LogP contribution in [0.4, 0.5) is 0 Å². The number of aryl methyl sites for hydroxylation is 2. The van der Waals surface area contributed by atoms with E-state index in [9.17, 15) is 8.42 Å². The van der Waals surface area contributed by atoms with Gasteiger partial charge in [0, 0.05) is 9.75 Å². The lowest BCUT2D eigenvalue weighted by Gasteiger charge is -2.06. The van der Waals surface area contributed by atoms with Crippen molar-refractivity contribution < 1.29 is 12.6 Å². The molecule has 4 nitrogen and oxygen atoms in total. The third-order valence-electron chi connectivity index (χ3n) is 2.43. The lowest BCUT2D eigenvalue weighted by Crippen LogP contribution is -2.09. The molecule has 0 unspecified atom stereocenters. The minimum atomic E-state index is -3.85. The molecule has 0 radical (unpaired) electrons. The van der Waals surface area contributed by atoms with Crippen molar-refractivity contribution in [2.75, 3.05) is 0 Å². The van der Waals surface area contributed by atoms with Gasteiger partial charge >= 0.3 is 10.1 Å². The van der Waals surface area contributed by atoms with Gasteiger partial charge in [-0.15, -0.1) is 11.3 Å². The quantitative estimate of drug-likeness (QED) is 0.816. The molecule has 1 aromatic carbocycles. The van der Waals surface area contributed by atoms with Gasteiger partial charge in [0.25, 0.3) is 0 Å². The second-order valence-corrected chi connectivity index (χ2v) is 6.93. The summed E-state index contributed by atoms with van der Waals surface area (Å²) in [6.07, 6.45) is 0. The first-order chi connectivity index (χ1) is 8.92. The molecule has 0 aliphatic carbocycles. The van der Waals surface area contributed by atoms with Crippen LogP contribution in [0.1, 0.15) is 15.3 Å². The molecule has 0 saturated carbocycles. The molecule has 98 valence electrons. The Hall–Kier alpha value is -1.84. The van der Waals surface area contributed by atoms with E-state index in [-0.39, 0.29) is 10.6 Å². The fraction of sp³-hybridized carbons (Fsp3) is 0.154. The molecule has 0 spiro atoms. The van der Waals surface area contributed by atoms with Gasteiger partial charge in [-0.2, -0.15) is 13.7 Å². The van der Waals surface area contributed by atoms with Crippen molar-refractivity contribution in [2.45, 2.75) is 18.7 Å². The van der Waals surface area contributed by atoms with Gasteiger partial charge in [-0.3, -0.25) is 0 Å². The van der Waals surface area contributed by atoms with E-state index in [1.54, 1.807) is 25.1 Å². The molecule has 2 rings (SSSR count). The van der Waals surface area contributed by atoms with E-state index in [0.29, 0.717) is 10.4 Å². The molecule has 0 bridgehead atoms.